The molecular weight excluding hydrogens is 513 g/mol. The molecule has 0 saturated heterocycles. The highest BCUT2D eigenvalue weighted by molar-refractivity contribution is 7.12. The number of hydrogen-bond acceptors (Lipinski definition) is 1. The maximum absolute atomic E-state index is 2.82. The fraction of sp³-hybridized carbons (Fsp3) is 0.333. The highest BCUT2D eigenvalue weighted by Gasteiger charge is 2.50. The Hall–Kier alpha value is -2.82. The molecule has 4 aromatic carbocycles. The van der Waals surface area contributed by atoms with Gasteiger partial charge in [-0.1, -0.05) is 174 Å². The Morgan fingerprint density at radius 2 is 0.825 bits per heavy atom. The molecule has 0 amide bonds. The van der Waals surface area contributed by atoms with Crippen LogP contribution in [0.2, 0.25) is 26.2 Å². The Morgan fingerprint density at radius 3 is 1.23 bits per heavy atom. The lowest BCUT2D eigenvalue weighted by atomic mass is 9.48. The quantitative estimate of drug-likeness (QED) is 0.280. The Labute approximate surface area is 244 Å². The first kappa shape index (κ1) is 27.4. The van der Waals surface area contributed by atoms with Crippen molar-refractivity contribution in [2.45, 2.75) is 78.6 Å². The fourth-order valence-electron chi connectivity index (χ4n) is 7.54. The fourth-order valence-corrected chi connectivity index (χ4v) is 13.7. The van der Waals surface area contributed by atoms with Gasteiger partial charge in [0.05, 0.1) is 0 Å². The molecule has 0 atom stereocenters. The van der Waals surface area contributed by atoms with Crippen molar-refractivity contribution in [2.24, 2.45) is 0 Å². The van der Waals surface area contributed by atoms with E-state index < -0.39 is 16.1 Å². The minimum atomic E-state index is -2.00. The molecular formula is C36H44BNSi2. The van der Waals surface area contributed by atoms with Gasteiger partial charge in [-0.15, -0.1) is 0 Å². The van der Waals surface area contributed by atoms with E-state index in [-0.39, 0.29) is 17.7 Å². The third-order valence-electron chi connectivity index (χ3n) is 9.63. The average molecular weight is 558 g/mol. The molecule has 0 unspecified atom stereocenters. The topological polar surface area (TPSA) is 3.24 Å². The molecule has 0 bridgehead atoms. The lowest BCUT2D eigenvalue weighted by Gasteiger charge is -2.50. The molecule has 4 aromatic rings. The van der Waals surface area contributed by atoms with Crippen LogP contribution in [0.15, 0.2) is 84.9 Å². The summed E-state index contributed by atoms with van der Waals surface area (Å²) >= 11 is 0. The highest BCUT2D eigenvalue weighted by Crippen LogP contribution is 2.43. The summed E-state index contributed by atoms with van der Waals surface area (Å²) in [5.41, 5.74) is 8.85. The molecule has 6 rings (SSSR count). The SMILES string of the molecule is CC(C)(C)c1cccc2c1N(B1c3ccccc3[Si](C)(C)c3ccccc31)c1c(C(C)(C)C)cccc1[Si]2(C)C. The van der Waals surface area contributed by atoms with E-state index >= 15 is 0 Å². The molecule has 2 heterocycles. The van der Waals surface area contributed by atoms with Crippen LogP contribution < -0.4 is 36.5 Å². The molecule has 4 heteroatoms. The first-order chi connectivity index (χ1) is 18.7. The Balaban J connectivity index is 1.82. The van der Waals surface area contributed by atoms with Gasteiger partial charge in [0.2, 0.25) is 0 Å². The van der Waals surface area contributed by atoms with E-state index in [0.717, 1.165) is 0 Å². The number of benzene rings is 4. The van der Waals surface area contributed by atoms with Crippen LogP contribution in [0.4, 0.5) is 11.4 Å². The molecule has 0 saturated carbocycles. The molecule has 2 aliphatic rings. The van der Waals surface area contributed by atoms with Crippen molar-refractivity contribution >= 4 is 66.0 Å². The van der Waals surface area contributed by atoms with Crippen LogP contribution in [0.3, 0.4) is 0 Å². The van der Waals surface area contributed by atoms with Gasteiger partial charge in [0.25, 0.3) is 0 Å². The minimum Gasteiger partial charge on any atom is -0.377 e. The summed E-state index contributed by atoms with van der Waals surface area (Å²) in [7, 11) is -3.87. The van der Waals surface area contributed by atoms with Gasteiger partial charge in [-0.3, -0.25) is 0 Å². The predicted octanol–water partition coefficient (Wildman–Crippen LogP) is 5.50. The summed E-state index contributed by atoms with van der Waals surface area (Å²) in [6.07, 6.45) is 0. The van der Waals surface area contributed by atoms with Crippen LogP contribution in [0.1, 0.15) is 52.7 Å². The van der Waals surface area contributed by atoms with E-state index in [1.54, 1.807) is 20.7 Å². The summed E-state index contributed by atoms with van der Waals surface area (Å²) in [4.78, 5) is 2.82. The van der Waals surface area contributed by atoms with Crippen LogP contribution in [-0.4, -0.2) is 23.0 Å². The zero-order valence-corrected chi connectivity index (χ0v) is 28.1. The smallest absolute Gasteiger partial charge is 0.327 e. The van der Waals surface area contributed by atoms with Crippen molar-refractivity contribution in [1.82, 2.24) is 0 Å². The monoisotopic (exact) mass is 557 g/mol. The molecule has 0 aliphatic carbocycles. The van der Waals surface area contributed by atoms with Crippen molar-refractivity contribution in [3.63, 3.8) is 0 Å². The van der Waals surface area contributed by atoms with Crippen LogP contribution >= 0.6 is 0 Å². The van der Waals surface area contributed by atoms with Gasteiger partial charge in [0.1, 0.15) is 16.1 Å². The van der Waals surface area contributed by atoms with E-state index in [9.17, 15) is 0 Å². The lowest BCUT2D eigenvalue weighted by Crippen LogP contribution is -2.78. The van der Waals surface area contributed by atoms with Crippen molar-refractivity contribution in [2.75, 3.05) is 4.81 Å². The molecule has 0 aromatic heterocycles. The van der Waals surface area contributed by atoms with Gasteiger partial charge >= 0.3 is 6.85 Å². The number of fused-ring (bicyclic) bond motifs is 4. The third kappa shape index (κ3) is 3.86. The summed E-state index contributed by atoms with van der Waals surface area (Å²) < 4.78 is 0. The Kier molecular flexibility index (Phi) is 6.04. The van der Waals surface area contributed by atoms with Gasteiger partial charge in [-0.25, -0.2) is 0 Å². The molecule has 40 heavy (non-hydrogen) atoms. The number of anilines is 2. The van der Waals surface area contributed by atoms with E-state index in [2.05, 4.69) is 157 Å². The predicted molar refractivity (Wildman–Crippen MR) is 184 cm³/mol. The normalized spacial score (nSPS) is 17.1. The summed E-state index contributed by atoms with van der Waals surface area (Å²) in [5, 5.41) is 6.28. The van der Waals surface area contributed by atoms with Gasteiger partial charge in [0, 0.05) is 11.4 Å². The second-order valence-electron chi connectivity index (χ2n) is 15.1. The Morgan fingerprint density at radius 1 is 0.475 bits per heavy atom. The second-order valence-corrected chi connectivity index (χ2v) is 23.8. The zero-order chi connectivity index (χ0) is 28.8. The summed E-state index contributed by atoms with van der Waals surface area (Å²) in [6, 6.07) is 33.1. The molecule has 0 radical (unpaired) electrons. The molecule has 2 aliphatic heterocycles. The summed E-state index contributed by atoms with van der Waals surface area (Å²) in [6.45, 7) is 24.7. The van der Waals surface area contributed by atoms with Crippen LogP contribution in [0, 0.1) is 0 Å². The number of rotatable bonds is 1. The number of para-hydroxylation sites is 2. The van der Waals surface area contributed by atoms with E-state index in [1.807, 2.05) is 0 Å². The number of nitrogens with zero attached hydrogens (tertiary/aromatic N) is 1. The lowest BCUT2D eigenvalue weighted by molar-refractivity contribution is 0.588. The molecule has 204 valence electrons. The van der Waals surface area contributed by atoms with Crippen LogP contribution in [0.5, 0.6) is 0 Å². The standard InChI is InChI=1S/C36H44BNSi2/c1-35(2,3)25-17-15-23-31-33(25)38(34-26(36(4,5)6)18-16-24-32(34)40(31,9)10)37-27-19-11-13-21-29(27)39(7,8)30-22-14-12-20-28(30)37/h11-24H,1-10H3. The third-order valence-corrected chi connectivity index (χ3v) is 16.7. The summed E-state index contributed by atoms with van der Waals surface area (Å²) in [5.74, 6) is 0. The van der Waals surface area contributed by atoms with E-state index in [0.29, 0.717) is 0 Å². The second kappa shape index (κ2) is 8.84. The molecule has 0 N–H and O–H groups in total. The van der Waals surface area contributed by atoms with Crippen molar-refractivity contribution in [3.8, 4) is 0 Å². The zero-order valence-electron chi connectivity index (χ0n) is 26.1. The highest BCUT2D eigenvalue weighted by atomic mass is 28.3. The van der Waals surface area contributed by atoms with Crippen LogP contribution in [0.25, 0.3) is 0 Å². The molecule has 1 nitrogen and oxygen atoms in total. The van der Waals surface area contributed by atoms with Crippen molar-refractivity contribution in [3.05, 3.63) is 96.1 Å². The maximum Gasteiger partial charge on any atom is 0.327 e. The van der Waals surface area contributed by atoms with Gasteiger partial charge in [0.15, 0.2) is 0 Å². The van der Waals surface area contributed by atoms with Gasteiger partial charge in [-0.2, -0.15) is 0 Å². The largest absolute Gasteiger partial charge is 0.377 e. The molecule has 0 spiro atoms. The van der Waals surface area contributed by atoms with Crippen molar-refractivity contribution < 1.29 is 0 Å². The first-order valence-electron chi connectivity index (χ1n) is 14.9. The van der Waals surface area contributed by atoms with E-state index in [4.69, 9.17) is 0 Å². The van der Waals surface area contributed by atoms with E-state index in [1.165, 1.54) is 33.4 Å². The van der Waals surface area contributed by atoms with Crippen molar-refractivity contribution in [1.29, 1.82) is 0 Å². The number of hydrogen-bond donors (Lipinski definition) is 0. The minimum absolute atomic E-state index is 0.0178. The van der Waals surface area contributed by atoms with Gasteiger partial charge in [-0.05, 0) is 32.3 Å². The molecule has 0 fully saturated rings. The average Bonchev–Trinajstić information content (AvgIpc) is 2.89. The maximum atomic E-state index is 2.82. The van der Waals surface area contributed by atoms with Gasteiger partial charge < -0.3 is 4.81 Å². The Bertz CT molecular complexity index is 1520. The van der Waals surface area contributed by atoms with Crippen LogP contribution in [-0.2, 0) is 10.8 Å². The first-order valence-corrected chi connectivity index (χ1v) is 20.9.